The number of hydrogen-bond donors (Lipinski definition) is 1. The highest BCUT2D eigenvalue weighted by molar-refractivity contribution is 9.10. The Balaban J connectivity index is 1.82. The molecular weight excluding hydrogens is 662 g/mol. The van der Waals surface area contributed by atoms with Gasteiger partial charge in [0.25, 0.3) is 10.0 Å². The van der Waals surface area contributed by atoms with E-state index in [1.165, 1.54) is 17.0 Å². The topological polar surface area (TPSA) is 86.8 Å². The van der Waals surface area contributed by atoms with Crippen molar-refractivity contribution in [3.8, 4) is 0 Å². The van der Waals surface area contributed by atoms with Gasteiger partial charge in [-0.15, -0.1) is 0 Å². The van der Waals surface area contributed by atoms with E-state index in [2.05, 4.69) is 21.2 Å². The van der Waals surface area contributed by atoms with E-state index in [4.69, 9.17) is 11.6 Å². The number of halogens is 2. The first-order chi connectivity index (χ1) is 21.0. The van der Waals surface area contributed by atoms with Crippen LogP contribution in [0.5, 0.6) is 0 Å². The predicted octanol–water partition coefficient (Wildman–Crippen LogP) is 6.77. The fourth-order valence-electron chi connectivity index (χ4n) is 4.90. The highest BCUT2D eigenvalue weighted by Crippen LogP contribution is 2.29. The van der Waals surface area contributed by atoms with E-state index in [1.54, 1.807) is 43.3 Å². The van der Waals surface area contributed by atoms with Crippen LogP contribution in [-0.4, -0.2) is 43.8 Å². The van der Waals surface area contributed by atoms with Gasteiger partial charge in [-0.05, 0) is 79.9 Å². The van der Waals surface area contributed by atoms with Gasteiger partial charge in [-0.1, -0.05) is 88.2 Å². The molecule has 1 atom stereocenters. The van der Waals surface area contributed by atoms with Crippen molar-refractivity contribution >= 4 is 55.1 Å². The minimum Gasteiger partial charge on any atom is -0.352 e. The molecule has 0 saturated heterocycles. The van der Waals surface area contributed by atoms with Gasteiger partial charge in [-0.3, -0.25) is 13.9 Å². The monoisotopic (exact) mass is 695 g/mol. The maximum absolute atomic E-state index is 14.5. The number of rotatable bonds is 12. The van der Waals surface area contributed by atoms with Gasteiger partial charge in [0.15, 0.2) is 0 Å². The Labute approximate surface area is 273 Å². The molecule has 2 amide bonds. The van der Waals surface area contributed by atoms with Crippen LogP contribution < -0.4 is 9.62 Å². The van der Waals surface area contributed by atoms with Crippen LogP contribution in [0.4, 0.5) is 5.69 Å². The van der Waals surface area contributed by atoms with Gasteiger partial charge < -0.3 is 10.2 Å². The van der Waals surface area contributed by atoms with Gasteiger partial charge in [0.05, 0.1) is 10.6 Å². The minimum absolute atomic E-state index is 0.0408. The summed E-state index contributed by atoms with van der Waals surface area (Å²) in [5.41, 5.74) is 2.55. The van der Waals surface area contributed by atoms with Gasteiger partial charge in [-0.2, -0.15) is 0 Å². The number of hydrogen-bond acceptors (Lipinski definition) is 4. The Bertz CT molecular complexity index is 1700. The van der Waals surface area contributed by atoms with Crippen LogP contribution in [-0.2, 0) is 32.6 Å². The molecule has 0 aliphatic heterocycles. The van der Waals surface area contributed by atoms with E-state index in [-0.39, 0.29) is 29.8 Å². The number of sulfonamides is 1. The van der Waals surface area contributed by atoms with E-state index < -0.39 is 28.5 Å². The summed E-state index contributed by atoms with van der Waals surface area (Å²) in [5, 5.41) is 3.41. The predicted molar refractivity (Wildman–Crippen MR) is 179 cm³/mol. The molecular formula is C34H35BrClN3O4S. The number of nitrogens with one attached hydrogen (secondary N) is 1. The molecule has 230 valence electrons. The minimum atomic E-state index is -4.19. The first kappa shape index (κ1) is 33.2. The van der Waals surface area contributed by atoms with Crippen molar-refractivity contribution in [3.63, 3.8) is 0 Å². The first-order valence-electron chi connectivity index (χ1n) is 14.2. The lowest BCUT2D eigenvalue weighted by Crippen LogP contribution is -2.54. The molecule has 4 aromatic carbocycles. The molecule has 0 heterocycles. The molecule has 44 heavy (non-hydrogen) atoms. The average molecular weight is 697 g/mol. The molecule has 0 bridgehead atoms. The van der Waals surface area contributed by atoms with Crippen molar-refractivity contribution in [3.05, 3.63) is 129 Å². The third-order valence-electron chi connectivity index (χ3n) is 6.98. The summed E-state index contributed by atoms with van der Waals surface area (Å²) in [6.45, 7) is 5.01. The van der Waals surface area contributed by atoms with E-state index in [0.717, 1.165) is 19.9 Å². The van der Waals surface area contributed by atoms with Crippen molar-refractivity contribution in [1.29, 1.82) is 0 Å². The molecule has 7 nitrogen and oxygen atoms in total. The first-order valence-corrected chi connectivity index (χ1v) is 16.8. The summed E-state index contributed by atoms with van der Waals surface area (Å²) < 4.78 is 30.1. The van der Waals surface area contributed by atoms with Crippen molar-refractivity contribution in [2.24, 2.45) is 0 Å². The van der Waals surface area contributed by atoms with Crippen molar-refractivity contribution in [1.82, 2.24) is 10.2 Å². The lowest BCUT2D eigenvalue weighted by molar-refractivity contribution is -0.140. The Morgan fingerprint density at radius 1 is 0.864 bits per heavy atom. The fourth-order valence-corrected chi connectivity index (χ4v) is 7.07. The van der Waals surface area contributed by atoms with Crippen LogP contribution in [0, 0.1) is 6.92 Å². The molecule has 0 aromatic heterocycles. The highest BCUT2D eigenvalue weighted by atomic mass is 79.9. The molecule has 10 heteroatoms. The summed E-state index contributed by atoms with van der Waals surface area (Å²) >= 11 is 9.71. The van der Waals surface area contributed by atoms with Gasteiger partial charge in [-0.25, -0.2) is 8.42 Å². The number of anilines is 1. The zero-order chi connectivity index (χ0) is 31.9. The third-order valence-corrected chi connectivity index (χ3v) is 9.48. The number of carbonyl (C=O) groups excluding carboxylic acids is 2. The molecule has 0 radical (unpaired) electrons. The quantitative estimate of drug-likeness (QED) is 0.177. The smallest absolute Gasteiger partial charge is 0.264 e. The van der Waals surface area contributed by atoms with E-state index >= 15 is 0 Å². The molecule has 4 aromatic rings. The maximum Gasteiger partial charge on any atom is 0.264 e. The molecule has 0 saturated carbocycles. The van der Waals surface area contributed by atoms with Crippen LogP contribution in [0.1, 0.15) is 30.5 Å². The lowest BCUT2D eigenvalue weighted by atomic mass is 10.0. The molecule has 0 aliphatic rings. The van der Waals surface area contributed by atoms with Crippen LogP contribution in [0.3, 0.4) is 0 Å². The average Bonchev–Trinajstić information content (AvgIpc) is 2.98. The van der Waals surface area contributed by atoms with E-state index in [1.807, 2.05) is 68.4 Å². The lowest BCUT2D eigenvalue weighted by Gasteiger charge is -2.34. The summed E-state index contributed by atoms with van der Waals surface area (Å²) in [4.78, 5) is 29.8. The second-order valence-corrected chi connectivity index (χ2v) is 14.0. The molecule has 0 spiro atoms. The van der Waals surface area contributed by atoms with Crippen molar-refractivity contribution in [2.45, 2.75) is 50.7 Å². The number of benzene rings is 4. The number of carbonyl (C=O) groups is 2. The summed E-state index contributed by atoms with van der Waals surface area (Å²) in [5.74, 6) is -0.856. The van der Waals surface area contributed by atoms with Crippen LogP contribution in [0.15, 0.2) is 112 Å². The molecule has 0 fully saturated rings. The molecule has 4 rings (SSSR count). The van der Waals surface area contributed by atoms with Gasteiger partial charge >= 0.3 is 0 Å². The van der Waals surface area contributed by atoms with E-state index in [9.17, 15) is 18.0 Å². The fraction of sp³-hybridized carbons (Fsp3) is 0.235. The zero-order valence-electron chi connectivity index (χ0n) is 24.8. The van der Waals surface area contributed by atoms with Crippen molar-refractivity contribution in [2.75, 3.05) is 10.8 Å². The van der Waals surface area contributed by atoms with Gasteiger partial charge in [0.2, 0.25) is 11.8 Å². The zero-order valence-corrected chi connectivity index (χ0v) is 27.9. The van der Waals surface area contributed by atoms with E-state index in [0.29, 0.717) is 16.3 Å². The number of aryl methyl sites for hydroxylation is 1. The molecule has 1 N–H and O–H groups in total. The Morgan fingerprint density at radius 3 is 2.11 bits per heavy atom. The maximum atomic E-state index is 14.5. The van der Waals surface area contributed by atoms with Crippen molar-refractivity contribution < 1.29 is 18.0 Å². The standard InChI is InChI=1S/C34H35BrClN3O4S/c1-24(2)37-34(41)32(21-26-11-6-4-7-12-26)38(22-27-13-10-14-28(35)20-27)33(40)23-39(31-18-17-29(36)19-25(31)3)44(42,43)30-15-8-5-9-16-30/h4-20,24,32H,21-23H2,1-3H3,(H,37,41). The van der Waals surface area contributed by atoms with Crippen LogP contribution in [0.25, 0.3) is 0 Å². The highest BCUT2D eigenvalue weighted by Gasteiger charge is 2.35. The Kier molecular flexibility index (Phi) is 11.2. The summed E-state index contributed by atoms with van der Waals surface area (Å²) in [6.07, 6.45) is 0.241. The summed E-state index contributed by atoms with van der Waals surface area (Å²) in [6, 6.07) is 28.7. The molecule has 0 aliphatic carbocycles. The van der Waals surface area contributed by atoms with Crippen LogP contribution in [0.2, 0.25) is 5.02 Å². The Hall–Kier alpha value is -3.66. The molecule has 1 unspecified atom stereocenters. The van der Waals surface area contributed by atoms with Crippen LogP contribution >= 0.6 is 27.5 Å². The number of amides is 2. The third kappa shape index (κ3) is 8.49. The summed E-state index contributed by atoms with van der Waals surface area (Å²) in [7, 11) is -4.19. The normalized spacial score (nSPS) is 12.0. The second-order valence-electron chi connectivity index (χ2n) is 10.8. The Morgan fingerprint density at radius 2 is 1.50 bits per heavy atom. The van der Waals surface area contributed by atoms with Gasteiger partial charge in [0, 0.05) is 28.5 Å². The number of nitrogens with zero attached hydrogens (tertiary/aromatic N) is 2. The second kappa shape index (κ2) is 14.9. The SMILES string of the molecule is Cc1cc(Cl)ccc1N(CC(=O)N(Cc1cccc(Br)c1)C(Cc1ccccc1)C(=O)NC(C)C)S(=O)(=O)c1ccccc1. The largest absolute Gasteiger partial charge is 0.352 e. The van der Waals surface area contributed by atoms with Gasteiger partial charge in [0.1, 0.15) is 12.6 Å².